The van der Waals surface area contributed by atoms with Crippen LogP contribution in [0.4, 0.5) is 0 Å². The van der Waals surface area contributed by atoms with Crippen LogP contribution in [-0.4, -0.2) is 10.2 Å². The summed E-state index contributed by atoms with van der Waals surface area (Å²) in [5, 5.41) is 8.52. The van der Waals surface area contributed by atoms with Crippen LogP contribution in [0.3, 0.4) is 0 Å². The second-order valence-electron chi connectivity index (χ2n) is 4.23. The predicted molar refractivity (Wildman–Crippen MR) is 83.2 cm³/mol. The molecule has 0 aliphatic rings. The molecule has 0 aliphatic carbocycles. The van der Waals surface area contributed by atoms with E-state index in [-0.39, 0.29) is 6.61 Å². The summed E-state index contributed by atoms with van der Waals surface area (Å²) in [6.07, 6.45) is 0. The van der Waals surface area contributed by atoms with E-state index in [9.17, 15) is 0 Å². The fourth-order valence-electron chi connectivity index (χ4n) is 1.75. The lowest BCUT2D eigenvalue weighted by atomic mass is 10.2. The molecule has 0 aliphatic heterocycles. The molecule has 3 aromatic rings. The van der Waals surface area contributed by atoms with Gasteiger partial charge < -0.3 is 9.15 Å². The molecule has 4 nitrogen and oxygen atoms in total. The highest BCUT2D eigenvalue weighted by atomic mass is 79.9. The molecule has 0 fully saturated rings. The first-order valence-electron chi connectivity index (χ1n) is 6.18. The lowest BCUT2D eigenvalue weighted by Crippen LogP contribution is -1.95. The van der Waals surface area contributed by atoms with E-state index in [1.807, 2.05) is 36.4 Å². The Morgan fingerprint density at radius 2 is 1.95 bits per heavy atom. The minimum absolute atomic E-state index is 0.171. The first kappa shape index (κ1) is 14.1. The van der Waals surface area contributed by atoms with Crippen LogP contribution in [0.5, 0.6) is 5.75 Å². The monoisotopic (exact) mass is 364 g/mol. The minimum atomic E-state index is 0.171. The Kier molecular flexibility index (Phi) is 4.22. The normalized spacial score (nSPS) is 10.6. The van der Waals surface area contributed by atoms with Crippen LogP contribution in [-0.2, 0) is 6.61 Å². The van der Waals surface area contributed by atoms with Crippen molar-refractivity contribution in [3.63, 3.8) is 0 Å². The van der Waals surface area contributed by atoms with Gasteiger partial charge in [0.05, 0.1) is 5.02 Å². The summed E-state index contributed by atoms with van der Waals surface area (Å²) in [7, 11) is 0. The third-order valence-electron chi connectivity index (χ3n) is 2.73. The van der Waals surface area contributed by atoms with Crippen molar-refractivity contribution in [2.75, 3.05) is 0 Å². The first-order chi connectivity index (χ1) is 10.2. The Bertz CT molecular complexity index is 761. The second-order valence-corrected chi connectivity index (χ2v) is 5.55. The summed E-state index contributed by atoms with van der Waals surface area (Å²) < 4.78 is 12.1. The maximum Gasteiger partial charge on any atom is 0.254 e. The highest BCUT2D eigenvalue weighted by molar-refractivity contribution is 9.10. The van der Waals surface area contributed by atoms with E-state index in [0.29, 0.717) is 22.6 Å². The molecule has 106 valence electrons. The quantitative estimate of drug-likeness (QED) is 0.670. The van der Waals surface area contributed by atoms with Crippen molar-refractivity contribution < 1.29 is 9.15 Å². The van der Waals surface area contributed by atoms with Gasteiger partial charge in [-0.25, -0.2) is 0 Å². The molecule has 0 bridgehead atoms. The van der Waals surface area contributed by atoms with E-state index in [1.54, 1.807) is 12.1 Å². The summed E-state index contributed by atoms with van der Waals surface area (Å²) >= 11 is 9.42. The average Bonchev–Trinajstić information content (AvgIpc) is 2.95. The smallest absolute Gasteiger partial charge is 0.254 e. The maximum atomic E-state index is 6.01. The van der Waals surface area contributed by atoms with Crippen LogP contribution < -0.4 is 4.74 Å². The van der Waals surface area contributed by atoms with Crippen molar-refractivity contribution in [2.45, 2.75) is 6.61 Å². The number of hydrogen-bond acceptors (Lipinski definition) is 4. The molecule has 0 N–H and O–H groups in total. The standard InChI is InChI=1S/C15H10BrClN2O2/c16-11-5-3-4-10(8-11)15-19-18-14(21-15)9-20-13-7-2-1-6-12(13)17/h1-8H,9H2. The van der Waals surface area contributed by atoms with Gasteiger partial charge in [0, 0.05) is 10.0 Å². The average molecular weight is 366 g/mol. The molecule has 0 spiro atoms. The van der Waals surface area contributed by atoms with E-state index in [4.69, 9.17) is 20.8 Å². The molecule has 6 heteroatoms. The van der Waals surface area contributed by atoms with Crippen molar-refractivity contribution in [3.8, 4) is 17.2 Å². The number of ether oxygens (including phenoxy) is 1. The van der Waals surface area contributed by atoms with Crippen molar-refractivity contribution in [1.82, 2.24) is 10.2 Å². The van der Waals surface area contributed by atoms with Gasteiger partial charge in [-0.3, -0.25) is 0 Å². The maximum absolute atomic E-state index is 6.01. The molecule has 0 saturated heterocycles. The SMILES string of the molecule is Clc1ccccc1OCc1nnc(-c2cccc(Br)c2)o1. The number of halogens is 2. The van der Waals surface area contributed by atoms with Gasteiger partial charge in [0.15, 0.2) is 6.61 Å². The molecule has 0 saturated carbocycles. The fraction of sp³-hybridized carbons (Fsp3) is 0.0667. The molecule has 0 radical (unpaired) electrons. The largest absolute Gasteiger partial charge is 0.482 e. The van der Waals surface area contributed by atoms with Gasteiger partial charge in [-0.2, -0.15) is 0 Å². The summed E-state index contributed by atoms with van der Waals surface area (Å²) in [6.45, 7) is 0.171. The van der Waals surface area contributed by atoms with Gasteiger partial charge in [0.2, 0.25) is 5.89 Å². The number of para-hydroxylation sites is 1. The van der Waals surface area contributed by atoms with Crippen LogP contribution in [0.1, 0.15) is 5.89 Å². The molecule has 21 heavy (non-hydrogen) atoms. The lowest BCUT2D eigenvalue weighted by molar-refractivity contribution is 0.264. The van der Waals surface area contributed by atoms with Crippen LogP contribution in [0, 0.1) is 0 Å². The first-order valence-corrected chi connectivity index (χ1v) is 7.35. The van der Waals surface area contributed by atoms with Gasteiger partial charge >= 0.3 is 0 Å². The second kappa shape index (κ2) is 6.28. The topological polar surface area (TPSA) is 48.2 Å². The predicted octanol–water partition coefficient (Wildman–Crippen LogP) is 4.73. The van der Waals surface area contributed by atoms with Crippen LogP contribution in [0.25, 0.3) is 11.5 Å². The van der Waals surface area contributed by atoms with Gasteiger partial charge in [-0.1, -0.05) is 45.7 Å². The van der Waals surface area contributed by atoms with E-state index in [2.05, 4.69) is 26.1 Å². The highest BCUT2D eigenvalue weighted by Gasteiger charge is 2.10. The van der Waals surface area contributed by atoms with Crippen LogP contribution >= 0.6 is 27.5 Å². The number of nitrogens with zero attached hydrogens (tertiary/aromatic N) is 2. The fourth-order valence-corrected chi connectivity index (χ4v) is 2.34. The van der Waals surface area contributed by atoms with Gasteiger partial charge in [0.1, 0.15) is 5.75 Å². The van der Waals surface area contributed by atoms with E-state index >= 15 is 0 Å². The van der Waals surface area contributed by atoms with Gasteiger partial charge in [-0.05, 0) is 30.3 Å². The zero-order valence-corrected chi connectivity index (χ0v) is 13.1. The molecule has 0 amide bonds. The van der Waals surface area contributed by atoms with Crippen molar-refractivity contribution in [1.29, 1.82) is 0 Å². The minimum Gasteiger partial charge on any atom is -0.482 e. The van der Waals surface area contributed by atoms with Gasteiger partial charge in [0.25, 0.3) is 5.89 Å². The summed E-state index contributed by atoms with van der Waals surface area (Å²) in [5.74, 6) is 1.43. The number of aromatic nitrogens is 2. The Hall–Kier alpha value is -1.85. The number of hydrogen-bond donors (Lipinski definition) is 0. The number of benzene rings is 2. The lowest BCUT2D eigenvalue weighted by Gasteiger charge is -2.04. The third kappa shape index (κ3) is 3.43. The Balaban J connectivity index is 1.72. The van der Waals surface area contributed by atoms with E-state index < -0.39 is 0 Å². The molecule has 3 rings (SSSR count). The van der Waals surface area contributed by atoms with Crippen molar-refractivity contribution in [3.05, 3.63) is 63.9 Å². The van der Waals surface area contributed by atoms with E-state index in [0.717, 1.165) is 10.0 Å². The summed E-state index contributed by atoms with van der Waals surface area (Å²) in [5.41, 5.74) is 0.848. The van der Waals surface area contributed by atoms with Crippen LogP contribution in [0.15, 0.2) is 57.4 Å². The molecular formula is C15H10BrClN2O2. The third-order valence-corrected chi connectivity index (χ3v) is 3.53. The zero-order chi connectivity index (χ0) is 14.7. The zero-order valence-electron chi connectivity index (χ0n) is 10.8. The molecule has 1 aromatic heterocycles. The molecule has 0 unspecified atom stereocenters. The molecular weight excluding hydrogens is 356 g/mol. The molecule has 0 atom stereocenters. The Labute approximate surface area is 134 Å². The summed E-state index contributed by atoms with van der Waals surface area (Å²) in [6, 6.07) is 14.9. The highest BCUT2D eigenvalue weighted by Crippen LogP contribution is 2.25. The molecule has 2 aromatic carbocycles. The Morgan fingerprint density at radius 1 is 1.10 bits per heavy atom. The van der Waals surface area contributed by atoms with Gasteiger partial charge in [-0.15, -0.1) is 10.2 Å². The van der Waals surface area contributed by atoms with Crippen LogP contribution in [0.2, 0.25) is 5.02 Å². The number of rotatable bonds is 4. The summed E-state index contributed by atoms with van der Waals surface area (Å²) in [4.78, 5) is 0. The van der Waals surface area contributed by atoms with Crippen molar-refractivity contribution in [2.24, 2.45) is 0 Å². The van der Waals surface area contributed by atoms with E-state index in [1.165, 1.54) is 0 Å². The Morgan fingerprint density at radius 3 is 2.76 bits per heavy atom. The van der Waals surface area contributed by atoms with Crippen molar-refractivity contribution >= 4 is 27.5 Å². The molecule has 1 heterocycles.